The number of anilines is 1. The average Bonchev–Trinajstić information content (AvgIpc) is 2.86. The van der Waals surface area contributed by atoms with E-state index in [4.69, 9.17) is 5.73 Å². The third-order valence-corrected chi connectivity index (χ3v) is 5.27. The molecule has 1 aromatic heterocycles. The monoisotopic (exact) mass is 339 g/mol. The zero-order chi connectivity index (χ0) is 15.0. The summed E-state index contributed by atoms with van der Waals surface area (Å²) in [5.74, 6) is 0. The zero-order valence-electron chi connectivity index (χ0n) is 12.6. The second-order valence-electron chi connectivity index (χ2n) is 4.79. The van der Waals surface area contributed by atoms with Crippen LogP contribution < -0.4 is 72.9 Å². The number of benzene rings is 2. The van der Waals surface area contributed by atoms with Crippen molar-refractivity contribution >= 4 is 35.0 Å². The minimum Gasteiger partial charge on any atom is -0.790 e. The maximum absolute atomic E-state index is 12.8. The standard InChI is InChI=1S/C15H16N3O2P.K/c1-2-18-14-10-11(16)8-9-13(14)17-15(18)21(19,20)12-6-4-3-5-7-12;/h3-10H,2,16H2,1H3,(H,19,20);/q;+1/p-1. The molecule has 22 heavy (non-hydrogen) atoms. The number of rotatable bonds is 3. The number of aryl methyl sites for hydroxylation is 1. The fourth-order valence-electron chi connectivity index (χ4n) is 2.40. The molecule has 2 N–H and O–H groups in total. The van der Waals surface area contributed by atoms with Crippen molar-refractivity contribution in [2.75, 3.05) is 5.73 Å². The molecule has 1 atom stereocenters. The number of hydrogen-bond acceptors (Lipinski definition) is 4. The molecular formula is C15H15KN3O2P. The van der Waals surface area contributed by atoms with E-state index in [-0.39, 0.29) is 62.3 Å². The molecule has 0 spiro atoms. The van der Waals surface area contributed by atoms with Crippen LogP contribution in [0.1, 0.15) is 6.92 Å². The van der Waals surface area contributed by atoms with Gasteiger partial charge in [-0.3, -0.25) is 0 Å². The summed E-state index contributed by atoms with van der Waals surface area (Å²) in [6, 6.07) is 13.6. The fraction of sp³-hybridized carbons (Fsp3) is 0.133. The van der Waals surface area contributed by atoms with Crippen LogP contribution in [-0.2, 0) is 11.1 Å². The van der Waals surface area contributed by atoms with Gasteiger partial charge >= 0.3 is 51.4 Å². The first-order chi connectivity index (χ1) is 10.0. The van der Waals surface area contributed by atoms with Crippen LogP contribution in [0.4, 0.5) is 5.69 Å². The Morgan fingerprint density at radius 3 is 2.55 bits per heavy atom. The second kappa shape index (κ2) is 6.97. The van der Waals surface area contributed by atoms with E-state index in [0.29, 0.717) is 17.7 Å². The molecule has 0 saturated carbocycles. The van der Waals surface area contributed by atoms with Crippen molar-refractivity contribution in [1.82, 2.24) is 9.55 Å². The summed E-state index contributed by atoms with van der Waals surface area (Å²) in [6.07, 6.45) is 0. The number of nitrogens with two attached hydrogens (primary N) is 1. The molecule has 108 valence electrons. The summed E-state index contributed by atoms with van der Waals surface area (Å²) in [7, 11) is -3.98. The van der Waals surface area contributed by atoms with Crippen molar-refractivity contribution in [3.8, 4) is 0 Å². The SMILES string of the molecule is CCn1c(P(=O)([O-])c2ccccc2)nc2ccc(N)cc21.[K+]. The Balaban J connectivity index is 0.00000176. The first-order valence-electron chi connectivity index (χ1n) is 6.67. The van der Waals surface area contributed by atoms with Crippen molar-refractivity contribution in [3.05, 3.63) is 48.5 Å². The summed E-state index contributed by atoms with van der Waals surface area (Å²) in [5.41, 5.74) is 7.82. The Labute approximate surface area is 171 Å². The number of hydrogen-bond donors (Lipinski definition) is 1. The molecule has 0 radical (unpaired) electrons. The van der Waals surface area contributed by atoms with E-state index in [0.717, 1.165) is 5.52 Å². The van der Waals surface area contributed by atoms with Gasteiger partial charge < -0.3 is 19.8 Å². The van der Waals surface area contributed by atoms with E-state index < -0.39 is 7.37 Å². The van der Waals surface area contributed by atoms with Crippen molar-refractivity contribution < 1.29 is 60.8 Å². The normalized spacial score (nSPS) is 13.5. The van der Waals surface area contributed by atoms with E-state index in [2.05, 4.69) is 4.98 Å². The van der Waals surface area contributed by atoms with Crippen LogP contribution in [0, 0.1) is 0 Å². The molecule has 3 rings (SSSR count). The van der Waals surface area contributed by atoms with Crippen LogP contribution >= 0.6 is 7.37 Å². The topological polar surface area (TPSA) is 84.0 Å². The van der Waals surface area contributed by atoms with Gasteiger partial charge in [-0.2, -0.15) is 0 Å². The van der Waals surface area contributed by atoms with Crippen molar-refractivity contribution in [1.29, 1.82) is 0 Å². The summed E-state index contributed by atoms with van der Waals surface area (Å²) in [4.78, 5) is 17.1. The maximum atomic E-state index is 12.8. The van der Waals surface area contributed by atoms with Crippen molar-refractivity contribution in [3.63, 3.8) is 0 Å². The van der Waals surface area contributed by atoms with Gasteiger partial charge in [0, 0.05) is 17.5 Å². The molecule has 3 aromatic rings. The van der Waals surface area contributed by atoms with E-state index in [1.165, 1.54) is 0 Å². The van der Waals surface area contributed by atoms with Gasteiger partial charge in [-0.15, -0.1) is 0 Å². The zero-order valence-corrected chi connectivity index (χ0v) is 16.6. The Morgan fingerprint density at radius 1 is 1.23 bits per heavy atom. The first kappa shape index (κ1) is 17.9. The van der Waals surface area contributed by atoms with Gasteiger partial charge in [-0.05, 0) is 25.1 Å². The predicted molar refractivity (Wildman–Crippen MR) is 83.1 cm³/mol. The Morgan fingerprint density at radius 2 is 1.91 bits per heavy atom. The van der Waals surface area contributed by atoms with Gasteiger partial charge in [0.15, 0.2) is 5.57 Å². The van der Waals surface area contributed by atoms with Gasteiger partial charge in [0.05, 0.1) is 11.0 Å². The number of fused-ring (bicyclic) bond motifs is 1. The maximum Gasteiger partial charge on any atom is 1.00 e. The molecule has 1 unspecified atom stereocenters. The first-order valence-corrected chi connectivity index (χ1v) is 8.29. The van der Waals surface area contributed by atoms with E-state index in [9.17, 15) is 9.46 Å². The Hall–Kier alpha value is -0.464. The van der Waals surface area contributed by atoms with Gasteiger partial charge in [0.1, 0.15) is 7.37 Å². The molecule has 5 nitrogen and oxygen atoms in total. The summed E-state index contributed by atoms with van der Waals surface area (Å²) >= 11 is 0. The molecule has 1 heterocycles. The molecule has 0 aliphatic rings. The van der Waals surface area contributed by atoms with Crippen LogP contribution in [-0.4, -0.2) is 9.55 Å². The van der Waals surface area contributed by atoms with Crippen LogP contribution in [0.25, 0.3) is 11.0 Å². The van der Waals surface area contributed by atoms with E-state index in [1.807, 2.05) is 6.92 Å². The second-order valence-corrected chi connectivity index (χ2v) is 6.81. The van der Waals surface area contributed by atoms with Crippen LogP contribution in [0.2, 0.25) is 0 Å². The minimum atomic E-state index is -3.98. The number of nitrogen functional groups attached to an aromatic ring is 1. The molecule has 7 heteroatoms. The van der Waals surface area contributed by atoms with Gasteiger partial charge in [-0.25, -0.2) is 4.98 Å². The Kier molecular flexibility index (Phi) is 5.67. The average molecular weight is 339 g/mol. The molecule has 0 aliphatic carbocycles. The molecule has 0 fully saturated rings. The molecule has 0 saturated heterocycles. The Bertz CT molecular complexity index is 849. The van der Waals surface area contributed by atoms with E-state index in [1.54, 1.807) is 53.1 Å². The third-order valence-electron chi connectivity index (χ3n) is 3.43. The number of aromatic nitrogens is 2. The number of nitrogens with zero attached hydrogens (tertiary/aromatic N) is 2. The predicted octanol–water partition coefficient (Wildman–Crippen LogP) is -1.77. The van der Waals surface area contributed by atoms with Crippen LogP contribution in [0.5, 0.6) is 0 Å². The number of imidazole rings is 1. The van der Waals surface area contributed by atoms with Crippen molar-refractivity contribution in [2.24, 2.45) is 0 Å². The summed E-state index contributed by atoms with van der Waals surface area (Å²) in [5, 5.41) is 0.267. The molecule has 0 bridgehead atoms. The molecule has 0 aliphatic heterocycles. The van der Waals surface area contributed by atoms with Crippen LogP contribution in [0.15, 0.2) is 48.5 Å². The van der Waals surface area contributed by atoms with Gasteiger partial charge in [0.25, 0.3) is 0 Å². The molecule has 0 amide bonds. The molecular weight excluding hydrogens is 324 g/mol. The quantitative estimate of drug-likeness (QED) is 0.348. The van der Waals surface area contributed by atoms with Crippen molar-refractivity contribution in [2.45, 2.75) is 13.5 Å². The van der Waals surface area contributed by atoms with E-state index >= 15 is 0 Å². The summed E-state index contributed by atoms with van der Waals surface area (Å²) < 4.78 is 14.5. The fourth-order valence-corrected chi connectivity index (χ4v) is 4.01. The molecule has 2 aromatic carbocycles. The largest absolute Gasteiger partial charge is 1.00 e. The van der Waals surface area contributed by atoms with Gasteiger partial charge in [-0.1, -0.05) is 30.3 Å². The summed E-state index contributed by atoms with van der Waals surface area (Å²) in [6.45, 7) is 2.40. The minimum absolute atomic E-state index is 0. The smallest absolute Gasteiger partial charge is 0.790 e. The van der Waals surface area contributed by atoms with Crippen LogP contribution in [0.3, 0.4) is 0 Å². The third kappa shape index (κ3) is 3.10. The van der Waals surface area contributed by atoms with Gasteiger partial charge in [0.2, 0.25) is 0 Å².